The molecule has 1 fully saturated rings. The second-order valence-corrected chi connectivity index (χ2v) is 4.55. The van der Waals surface area contributed by atoms with E-state index >= 15 is 0 Å². The first-order chi connectivity index (χ1) is 7.53. The lowest BCUT2D eigenvalue weighted by atomic mass is 9.87. The molecule has 0 saturated heterocycles. The van der Waals surface area contributed by atoms with Crippen LogP contribution in [0.5, 0.6) is 0 Å². The second kappa shape index (κ2) is 3.63. The summed E-state index contributed by atoms with van der Waals surface area (Å²) >= 11 is 0. The number of hydrogen-bond donors (Lipinski definition) is 2. The first-order valence-corrected chi connectivity index (χ1v) is 5.44. The van der Waals surface area contributed by atoms with Gasteiger partial charge in [-0.2, -0.15) is 0 Å². The average Bonchev–Trinajstić information content (AvgIpc) is 2.99. The number of carbonyl (C=O) groups is 1. The topological polar surface area (TPSA) is 62.3 Å². The van der Waals surface area contributed by atoms with Crippen LogP contribution in [-0.2, 0) is 14.9 Å². The van der Waals surface area contributed by atoms with E-state index in [1.165, 1.54) is 7.11 Å². The van der Waals surface area contributed by atoms with E-state index in [0.29, 0.717) is 0 Å². The lowest BCUT2D eigenvalue weighted by Crippen LogP contribution is -2.35. The zero-order chi connectivity index (χ0) is 11.9. The van der Waals surface area contributed by atoms with Crippen molar-refractivity contribution < 1.29 is 14.6 Å². The molecule has 0 bridgehead atoms. The third-order valence-corrected chi connectivity index (χ3v) is 3.51. The van der Waals surface area contributed by atoms with E-state index in [-0.39, 0.29) is 0 Å². The number of aromatic amines is 1. The summed E-state index contributed by atoms with van der Waals surface area (Å²) in [6.45, 7) is 3.95. The Morgan fingerprint density at radius 1 is 1.56 bits per heavy atom. The predicted molar refractivity (Wildman–Crippen MR) is 59.2 cm³/mol. The monoisotopic (exact) mass is 223 g/mol. The van der Waals surface area contributed by atoms with E-state index in [2.05, 4.69) is 9.72 Å². The number of aliphatic hydroxyl groups excluding tert-OH is 1. The van der Waals surface area contributed by atoms with Crippen LogP contribution in [0, 0.1) is 13.8 Å². The van der Waals surface area contributed by atoms with Gasteiger partial charge in [0.25, 0.3) is 0 Å². The molecular weight excluding hydrogens is 206 g/mol. The van der Waals surface area contributed by atoms with E-state index < -0.39 is 17.5 Å². The molecule has 0 aliphatic heterocycles. The van der Waals surface area contributed by atoms with Gasteiger partial charge in [0, 0.05) is 17.3 Å². The van der Waals surface area contributed by atoms with Crippen LogP contribution in [0.4, 0.5) is 0 Å². The number of nitrogens with one attached hydrogen (secondary N) is 1. The summed E-state index contributed by atoms with van der Waals surface area (Å²) in [5.74, 6) is -0.544. The number of rotatable bonds is 3. The number of methoxy groups -OCH3 is 1. The molecule has 0 spiro atoms. The zero-order valence-corrected chi connectivity index (χ0v) is 9.83. The molecule has 1 saturated carbocycles. The number of H-pyrrole nitrogens is 1. The van der Waals surface area contributed by atoms with E-state index in [0.717, 1.165) is 29.7 Å². The lowest BCUT2D eigenvalue weighted by molar-refractivity contribution is -0.152. The van der Waals surface area contributed by atoms with Gasteiger partial charge in [0.2, 0.25) is 0 Å². The minimum absolute atomic E-state index is 0.415. The van der Waals surface area contributed by atoms with Crippen molar-refractivity contribution in [1.82, 2.24) is 4.98 Å². The van der Waals surface area contributed by atoms with E-state index in [9.17, 15) is 9.90 Å². The van der Waals surface area contributed by atoms with Gasteiger partial charge in [-0.15, -0.1) is 0 Å². The highest BCUT2D eigenvalue weighted by Gasteiger charge is 2.55. The van der Waals surface area contributed by atoms with Crippen LogP contribution < -0.4 is 0 Å². The molecule has 16 heavy (non-hydrogen) atoms. The Bertz CT molecular complexity index is 398. The average molecular weight is 223 g/mol. The molecule has 2 N–H and O–H groups in total. The van der Waals surface area contributed by atoms with Gasteiger partial charge in [-0.05, 0) is 37.8 Å². The van der Waals surface area contributed by atoms with Gasteiger partial charge in [-0.25, -0.2) is 4.79 Å². The summed E-state index contributed by atoms with van der Waals surface area (Å²) in [6.07, 6.45) is 2.53. The number of hydrogen-bond acceptors (Lipinski definition) is 3. The number of aliphatic hydroxyl groups is 1. The van der Waals surface area contributed by atoms with Crippen molar-refractivity contribution in [1.29, 1.82) is 0 Å². The Morgan fingerprint density at radius 3 is 2.56 bits per heavy atom. The quantitative estimate of drug-likeness (QED) is 0.757. The van der Waals surface area contributed by atoms with Gasteiger partial charge in [0.1, 0.15) is 0 Å². The van der Waals surface area contributed by atoms with Crippen molar-refractivity contribution in [3.8, 4) is 0 Å². The van der Waals surface area contributed by atoms with Crippen molar-refractivity contribution in [2.75, 3.05) is 7.11 Å². The number of aryl methyl sites for hydroxylation is 2. The minimum Gasteiger partial charge on any atom is -0.467 e. The maximum atomic E-state index is 11.4. The fourth-order valence-corrected chi connectivity index (χ4v) is 2.55. The van der Waals surface area contributed by atoms with Crippen molar-refractivity contribution in [3.05, 3.63) is 23.0 Å². The third kappa shape index (κ3) is 1.45. The molecule has 1 aliphatic carbocycles. The summed E-state index contributed by atoms with van der Waals surface area (Å²) in [7, 11) is 1.30. The molecule has 1 atom stereocenters. The van der Waals surface area contributed by atoms with Crippen LogP contribution in [0.25, 0.3) is 0 Å². The Balaban J connectivity index is 2.37. The first-order valence-electron chi connectivity index (χ1n) is 5.44. The molecule has 2 rings (SSSR count). The predicted octanol–water partition coefficient (Wildman–Crippen LogP) is 1.20. The fraction of sp³-hybridized carbons (Fsp3) is 0.583. The van der Waals surface area contributed by atoms with Crippen molar-refractivity contribution in [3.63, 3.8) is 0 Å². The zero-order valence-electron chi connectivity index (χ0n) is 9.83. The smallest absolute Gasteiger partial charge is 0.335 e. The fourth-order valence-electron chi connectivity index (χ4n) is 2.55. The maximum absolute atomic E-state index is 11.4. The van der Waals surface area contributed by atoms with E-state index in [4.69, 9.17) is 0 Å². The second-order valence-electron chi connectivity index (χ2n) is 4.55. The summed E-state index contributed by atoms with van der Waals surface area (Å²) in [6, 6.07) is 0. The summed E-state index contributed by atoms with van der Waals surface area (Å²) in [5, 5.41) is 10.0. The van der Waals surface area contributed by atoms with Gasteiger partial charge < -0.3 is 14.8 Å². The van der Waals surface area contributed by atoms with Crippen LogP contribution in [0.3, 0.4) is 0 Å². The molecule has 0 amide bonds. The molecule has 88 valence electrons. The molecule has 1 aliphatic rings. The normalized spacial score (nSPS) is 19.2. The number of carbonyl (C=O) groups excluding carboxylic acids is 1. The highest BCUT2D eigenvalue weighted by atomic mass is 16.5. The van der Waals surface area contributed by atoms with Crippen LogP contribution >= 0.6 is 0 Å². The molecule has 1 aromatic heterocycles. The van der Waals surface area contributed by atoms with Crippen molar-refractivity contribution in [2.24, 2.45) is 0 Å². The summed E-state index contributed by atoms with van der Waals surface area (Å²) in [5.41, 5.74) is 2.78. The van der Waals surface area contributed by atoms with Gasteiger partial charge in [0.15, 0.2) is 6.10 Å². The molecule has 1 aromatic rings. The third-order valence-electron chi connectivity index (χ3n) is 3.51. The van der Waals surface area contributed by atoms with Crippen molar-refractivity contribution >= 4 is 5.97 Å². The van der Waals surface area contributed by atoms with Crippen LogP contribution in [-0.4, -0.2) is 29.3 Å². The van der Waals surface area contributed by atoms with E-state index in [1.807, 2.05) is 20.0 Å². The molecule has 1 heterocycles. The van der Waals surface area contributed by atoms with Gasteiger partial charge in [0.05, 0.1) is 7.11 Å². The maximum Gasteiger partial charge on any atom is 0.335 e. The first kappa shape index (κ1) is 11.2. The minimum atomic E-state index is -1.05. The summed E-state index contributed by atoms with van der Waals surface area (Å²) < 4.78 is 4.62. The molecule has 4 nitrogen and oxygen atoms in total. The highest BCUT2D eigenvalue weighted by Crippen LogP contribution is 2.53. The molecule has 0 radical (unpaired) electrons. The SMILES string of the molecule is COC(=O)C(O)C1(c2c(C)c[nH]c2C)CC1. The number of esters is 1. The number of ether oxygens (including phenoxy) is 1. The molecular formula is C12H17NO3. The Morgan fingerprint density at radius 2 is 2.19 bits per heavy atom. The standard InChI is InChI=1S/C12H17NO3/c1-7-6-13-8(2)9(7)12(4-5-12)10(14)11(15)16-3/h6,10,13-14H,4-5H2,1-3H3. The largest absolute Gasteiger partial charge is 0.467 e. The Kier molecular flexibility index (Phi) is 2.54. The van der Waals surface area contributed by atoms with Crippen molar-refractivity contribution in [2.45, 2.75) is 38.2 Å². The van der Waals surface area contributed by atoms with Crippen LogP contribution in [0.1, 0.15) is 29.7 Å². The van der Waals surface area contributed by atoms with Crippen LogP contribution in [0.15, 0.2) is 6.20 Å². The van der Waals surface area contributed by atoms with Gasteiger partial charge >= 0.3 is 5.97 Å². The Labute approximate surface area is 94.6 Å². The summed E-state index contributed by atoms with van der Waals surface area (Å²) in [4.78, 5) is 14.6. The number of aromatic nitrogens is 1. The lowest BCUT2D eigenvalue weighted by Gasteiger charge is -2.21. The van der Waals surface area contributed by atoms with Crippen LogP contribution in [0.2, 0.25) is 0 Å². The Hall–Kier alpha value is -1.29. The highest BCUT2D eigenvalue weighted by molar-refractivity contribution is 5.78. The molecule has 4 heteroatoms. The molecule has 1 unspecified atom stereocenters. The molecule has 0 aromatic carbocycles. The van der Waals surface area contributed by atoms with Gasteiger partial charge in [-0.1, -0.05) is 0 Å². The van der Waals surface area contributed by atoms with Gasteiger partial charge in [-0.3, -0.25) is 0 Å². The van der Waals surface area contributed by atoms with E-state index in [1.54, 1.807) is 0 Å².